The van der Waals surface area contributed by atoms with Gasteiger partial charge in [-0.15, -0.1) is 0 Å². The topological polar surface area (TPSA) is 104 Å². The molecule has 2 aromatic carbocycles. The highest BCUT2D eigenvalue weighted by atomic mass is 16.5. The van der Waals surface area contributed by atoms with Crippen LogP contribution in [0.1, 0.15) is 17.3 Å². The Hall–Kier alpha value is -4.40. The number of ether oxygens (including phenoxy) is 2. The highest BCUT2D eigenvalue weighted by Crippen LogP contribution is 2.21. The van der Waals surface area contributed by atoms with E-state index in [-0.39, 0.29) is 24.3 Å². The third kappa shape index (κ3) is 4.62. The minimum absolute atomic E-state index is 0.223. The standard InChI is InChI=1S/C24H22N4O5/c1-3-33-24(31)18-6-4-5-7-19(18)25-22(29)15-27-12-13-28-21(23(27)30)14-20(26-28)16-8-10-17(32-2)11-9-16/h4-14H,3,15H2,1-2H3,(H,25,29). The van der Waals surface area contributed by atoms with Crippen LogP contribution in [0.15, 0.2) is 71.8 Å². The molecule has 33 heavy (non-hydrogen) atoms. The molecule has 9 heteroatoms. The van der Waals surface area contributed by atoms with E-state index in [1.807, 2.05) is 24.3 Å². The van der Waals surface area contributed by atoms with Gasteiger partial charge in [0.05, 0.1) is 30.7 Å². The van der Waals surface area contributed by atoms with Crippen LogP contribution in [-0.4, -0.2) is 39.8 Å². The molecule has 168 valence electrons. The van der Waals surface area contributed by atoms with Crippen LogP contribution >= 0.6 is 0 Å². The van der Waals surface area contributed by atoms with Crippen molar-refractivity contribution >= 4 is 23.1 Å². The first kappa shape index (κ1) is 21.8. The first-order valence-electron chi connectivity index (χ1n) is 10.3. The van der Waals surface area contributed by atoms with Crippen LogP contribution in [0.25, 0.3) is 16.8 Å². The second-order valence-electron chi connectivity index (χ2n) is 7.13. The molecule has 0 aliphatic rings. The van der Waals surface area contributed by atoms with Crippen LogP contribution < -0.4 is 15.6 Å². The Labute approximate surface area is 189 Å². The molecule has 4 rings (SSSR count). The van der Waals surface area contributed by atoms with E-state index in [1.54, 1.807) is 50.6 Å². The summed E-state index contributed by atoms with van der Waals surface area (Å²) in [6, 6.07) is 15.6. The van der Waals surface area contributed by atoms with Crippen molar-refractivity contribution in [2.45, 2.75) is 13.5 Å². The molecular weight excluding hydrogens is 424 g/mol. The maximum atomic E-state index is 12.9. The van der Waals surface area contributed by atoms with Crippen LogP contribution in [0.2, 0.25) is 0 Å². The Bertz CT molecular complexity index is 1370. The summed E-state index contributed by atoms with van der Waals surface area (Å²) in [4.78, 5) is 37.7. The number of esters is 1. The number of amides is 1. The SMILES string of the molecule is CCOC(=O)c1ccccc1NC(=O)Cn1ccn2nc(-c3ccc(OC)cc3)cc2c1=O. The van der Waals surface area contributed by atoms with E-state index in [1.165, 1.54) is 15.3 Å². The number of fused-ring (bicyclic) bond motifs is 1. The third-order valence-corrected chi connectivity index (χ3v) is 5.00. The molecule has 0 unspecified atom stereocenters. The van der Waals surface area contributed by atoms with Crippen molar-refractivity contribution in [2.75, 3.05) is 19.0 Å². The number of aromatic nitrogens is 3. The minimum Gasteiger partial charge on any atom is -0.497 e. The van der Waals surface area contributed by atoms with Crippen LogP contribution in [-0.2, 0) is 16.1 Å². The van der Waals surface area contributed by atoms with E-state index in [4.69, 9.17) is 9.47 Å². The molecule has 2 aromatic heterocycles. The first-order valence-corrected chi connectivity index (χ1v) is 10.3. The Morgan fingerprint density at radius 3 is 2.55 bits per heavy atom. The molecule has 2 heterocycles. The number of carbonyl (C=O) groups excluding carboxylic acids is 2. The number of benzene rings is 2. The average molecular weight is 446 g/mol. The smallest absolute Gasteiger partial charge is 0.340 e. The van der Waals surface area contributed by atoms with E-state index >= 15 is 0 Å². The van der Waals surface area contributed by atoms with Crippen molar-refractivity contribution in [3.8, 4) is 17.0 Å². The number of nitrogens with zero attached hydrogens (tertiary/aromatic N) is 3. The van der Waals surface area contributed by atoms with Crippen molar-refractivity contribution in [1.82, 2.24) is 14.2 Å². The van der Waals surface area contributed by atoms with E-state index in [0.29, 0.717) is 16.9 Å². The minimum atomic E-state index is -0.530. The van der Waals surface area contributed by atoms with Gasteiger partial charge in [0.15, 0.2) is 0 Å². The molecule has 0 spiro atoms. The molecule has 0 radical (unpaired) electrons. The van der Waals surface area contributed by atoms with Crippen LogP contribution in [0.5, 0.6) is 5.75 Å². The molecule has 0 aliphatic carbocycles. The number of para-hydroxylation sites is 1. The second-order valence-corrected chi connectivity index (χ2v) is 7.13. The summed E-state index contributed by atoms with van der Waals surface area (Å²) in [7, 11) is 1.59. The van der Waals surface area contributed by atoms with Gasteiger partial charge in [-0.05, 0) is 49.4 Å². The van der Waals surface area contributed by atoms with E-state index in [9.17, 15) is 14.4 Å². The Balaban J connectivity index is 1.56. The monoisotopic (exact) mass is 446 g/mol. The fourth-order valence-corrected chi connectivity index (χ4v) is 3.38. The molecule has 4 aromatic rings. The zero-order valence-electron chi connectivity index (χ0n) is 18.1. The number of anilines is 1. The van der Waals surface area contributed by atoms with Gasteiger partial charge in [-0.1, -0.05) is 12.1 Å². The molecule has 1 amide bonds. The van der Waals surface area contributed by atoms with E-state index in [0.717, 1.165) is 11.3 Å². The van der Waals surface area contributed by atoms with Gasteiger partial charge in [-0.25, -0.2) is 9.31 Å². The Morgan fingerprint density at radius 1 is 1.06 bits per heavy atom. The highest BCUT2D eigenvalue weighted by Gasteiger charge is 2.15. The van der Waals surface area contributed by atoms with Crippen molar-refractivity contribution in [2.24, 2.45) is 0 Å². The van der Waals surface area contributed by atoms with E-state index in [2.05, 4.69) is 10.4 Å². The lowest BCUT2D eigenvalue weighted by Gasteiger charge is -2.11. The summed E-state index contributed by atoms with van der Waals surface area (Å²) in [6.07, 6.45) is 3.11. The van der Waals surface area contributed by atoms with Crippen molar-refractivity contribution in [3.05, 3.63) is 82.9 Å². The zero-order valence-corrected chi connectivity index (χ0v) is 18.1. The molecule has 0 bridgehead atoms. The predicted molar refractivity (Wildman–Crippen MR) is 122 cm³/mol. The summed E-state index contributed by atoms with van der Waals surface area (Å²) in [5.74, 6) is -0.259. The average Bonchev–Trinajstić information content (AvgIpc) is 3.27. The number of nitrogens with one attached hydrogen (secondary N) is 1. The molecule has 0 saturated carbocycles. The molecule has 0 aliphatic heterocycles. The molecule has 0 saturated heterocycles. The van der Waals surface area contributed by atoms with Gasteiger partial charge in [0.25, 0.3) is 5.56 Å². The van der Waals surface area contributed by atoms with Crippen molar-refractivity contribution in [1.29, 1.82) is 0 Å². The fraction of sp³-hybridized carbons (Fsp3) is 0.167. The maximum absolute atomic E-state index is 12.9. The molecule has 9 nitrogen and oxygen atoms in total. The third-order valence-electron chi connectivity index (χ3n) is 5.00. The predicted octanol–water partition coefficient (Wildman–Crippen LogP) is 2.99. The molecule has 1 N–H and O–H groups in total. The maximum Gasteiger partial charge on any atom is 0.340 e. The van der Waals surface area contributed by atoms with Gasteiger partial charge in [0.2, 0.25) is 5.91 Å². The molecule has 0 atom stereocenters. The number of rotatable bonds is 7. The number of methoxy groups -OCH3 is 1. The van der Waals surface area contributed by atoms with Gasteiger partial charge in [0.1, 0.15) is 17.8 Å². The molecule has 0 fully saturated rings. The summed E-state index contributed by atoms with van der Waals surface area (Å²) in [5.41, 5.74) is 2.00. The molecular formula is C24H22N4O5. The van der Waals surface area contributed by atoms with Gasteiger partial charge >= 0.3 is 5.97 Å². The van der Waals surface area contributed by atoms with Gasteiger partial charge in [-0.2, -0.15) is 5.10 Å². The highest BCUT2D eigenvalue weighted by molar-refractivity contribution is 6.01. The summed E-state index contributed by atoms with van der Waals surface area (Å²) in [5, 5.41) is 7.13. The normalized spacial score (nSPS) is 10.7. The van der Waals surface area contributed by atoms with Gasteiger partial charge in [-0.3, -0.25) is 9.59 Å². The summed E-state index contributed by atoms with van der Waals surface area (Å²) in [6.45, 7) is 1.70. The van der Waals surface area contributed by atoms with E-state index < -0.39 is 11.9 Å². The Kier molecular flexibility index (Phi) is 6.21. The first-order chi connectivity index (χ1) is 16.0. The van der Waals surface area contributed by atoms with Gasteiger partial charge in [0, 0.05) is 18.0 Å². The lowest BCUT2D eigenvalue weighted by Crippen LogP contribution is -2.28. The zero-order chi connectivity index (χ0) is 23.4. The Morgan fingerprint density at radius 2 is 1.82 bits per heavy atom. The fourth-order valence-electron chi connectivity index (χ4n) is 3.38. The van der Waals surface area contributed by atoms with Crippen LogP contribution in [0, 0.1) is 0 Å². The number of carbonyl (C=O) groups is 2. The van der Waals surface area contributed by atoms with Crippen LogP contribution in [0.3, 0.4) is 0 Å². The summed E-state index contributed by atoms with van der Waals surface area (Å²) < 4.78 is 13.0. The lowest BCUT2D eigenvalue weighted by molar-refractivity contribution is -0.116. The van der Waals surface area contributed by atoms with Crippen molar-refractivity contribution < 1.29 is 19.1 Å². The number of hydrogen-bond acceptors (Lipinski definition) is 6. The quantitative estimate of drug-likeness (QED) is 0.438. The largest absolute Gasteiger partial charge is 0.497 e. The second kappa shape index (κ2) is 9.39. The summed E-state index contributed by atoms with van der Waals surface area (Å²) >= 11 is 0. The number of hydrogen-bond donors (Lipinski definition) is 1. The van der Waals surface area contributed by atoms with Crippen LogP contribution in [0.4, 0.5) is 5.69 Å². The van der Waals surface area contributed by atoms with Gasteiger partial charge < -0.3 is 19.4 Å². The lowest BCUT2D eigenvalue weighted by atomic mass is 10.1. The van der Waals surface area contributed by atoms with Crippen molar-refractivity contribution in [3.63, 3.8) is 0 Å².